The monoisotopic (exact) mass is 338 g/mol. The number of hydrogen-bond donors (Lipinski definition) is 0. The zero-order valence-corrected chi connectivity index (χ0v) is 14.3. The van der Waals surface area contributed by atoms with Crippen LogP contribution in [-0.4, -0.2) is 57.2 Å². The highest BCUT2D eigenvalue weighted by molar-refractivity contribution is 5.92. The van der Waals surface area contributed by atoms with Gasteiger partial charge < -0.3 is 4.90 Å². The number of benzene rings is 1. The van der Waals surface area contributed by atoms with Crippen LogP contribution in [0.25, 0.3) is 5.69 Å². The topological polar surface area (TPSA) is 58.4 Å². The predicted molar refractivity (Wildman–Crippen MR) is 94.9 cm³/mol. The first kappa shape index (κ1) is 16.0. The number of hydrogen-bond acceptors (Lipinski definition) is 4. The smallest absolute Gasteiger partial charge is 0.274 e. The van der Waals surface area contributed by atoms with Gasteiger partial charge in [0.05, 0.1) is 5.69 Å². The van der Waals surface area contributed by atoms with Crippen LogP contribution < -0.4 is 5.56 Å². The quantitative estimate of drug-likeness (QED) is 0.833. The largest absolute Gasteiger partial charge is 0.332 e. The summed E-state index contributed by atoms with van der Waals surface area (Å²) < 4.78 is 1.30. The molecule has 0 bridgehead atoms. The van der Waals surface area contributed by atoms with Crippen molar-refractivity contribution in [1.29, 1.82) is 0 Å². The molecule has 2 unspecified atom stereocenters. The van der Waals surface area contributed by atoms with Crippen molar-refractivity contribution in [2.45, 2.75) is 31.8 Å². The van der Waals surface area contributed by atoms with E-state index in [1.165, 1.54) is 23.2 Å². The third kappa shape index (κ3) is 2.98. The fourth-order valence-corrected chi connectivity index (χ4v) is 3.90. The Labute approximate surface area is 146 Å². The van der Waals surface area contributed by atoms with Crippen LogP contribution in [0.1, 0.15) is 30.3 Å². The number of carbonyl (C=O) groups is 1. The molecule has 6 nitrogen and oxygen atoms in total. The molecule has 1 aromatic heterocycles. The van der Waals surface area contributed by atoms with E-state index in [0.717, 1.165) is 26.1 Å². The van der Waals surface area contributed by atoms with Crippen LogP contribution in [0.2, 0.25) is 0 Å². The molecule has 6 heteroatoms. The molecule has 130 valence electrons. The molecule has 0 aliphatic carbocycles. The first-order chi connectivity index (χ1) is 12.1. The Morgan fingerprint density at radius 2 is 1.92 bits per heavy atom. The Hall–Kier alpha value is -2.47. The maximum Gasteiger partial charge on any atom is 0.274 e. The minimum Gasteiger partial charge on any atom is -0.332 e. The molecule has 0 saturated carbocycles. The fourth-order valence-electron chi connectivity index (χ4n) is 3.90. The summed E-state index contributed by atoms with van der Waals surface area (Å²) in [6, 6.07) is 12.8. The van der Waals surface area contributed by atoms with Crippen LogP contribution in [0.3, 0.4) is 0 Å². The van der Waals surface area contributed by atoms with Crippen LogP contribution >= 0.6 is 0 Å². The molecule has 0 spiro atoms. The molecule has 2 saturated heterocycles. The summed E-state index contributed by atoms with van der Waals surface area (Å²) >= 11 is 0. The number of fused-ring (bicyclic) bond motifs is 1. The van der Waals surface area contributed by atoms with Gasteiger partial charge in [-0.1, -0.05) is 18.2 Å². The van der Waals surface area contributed by atoms with Crippen LogP contribution in [0.4, 0.5) is 0 Å². The summed E-state index contributed by atoms with van der Waals surface area (Å²) in [5.74, 6) is -0.0938. The molecule has 2 aliphatic rings. The summed E-state index contributed by atoms with van der Waals surface area (Å²) in [4.78, 5) is 29.6. The van der Waals surface area contributed by atoms with E-state index in [-0.39, 0.29) is 17.5 Å². The summed E-state index contributed by atoms with van der Waals surface area (Å²) in [5.41, 5.74) is 0.744. The average Bonchev–Trinajstić information content (AvgIpc) is 3.09. The number of aromatic nitrogens is 2. The molecule has 2 aliphatic heterocycles. The second-order valence-electron chi connectivity index (χ2n) is 6.90. The molecule has 25 heavy (non-hydrogen) atoms. The van der Waals surface area contributed by atoms with Gasteiger partial charge in [0.2, 0.25) is 0 Å². The van der Waals surface area contributed by atoms with Crippen molar-refractivity contribution < 1.29 is 4.79 Å². The van der Waals surface area contributed by atoms with Gasteiger partial charge in [-0.05, 0) is 44.5 Å². The first-order valence-electron chi connectivity index (χ1n) is 8.84. The van der Waals surface area contributed by atoms with E-state index in [1.807, 2.05) is 35.2 Å². The van der Waals surface area contributed by atoms with Gasteiger partial charge in [-0.25, -0.2) is 0 Å². The minimum atomic E-state index is -0.239. The molecule has 0 N–H and O–H groups in total. The van der Waals surface area contributed by atoms with E-state index in [0.29, 0.717) is 17.4 Å². The molecular weight excluding hydrogens is 316 g/mol. The van der Waals surface area contributed by atoms with Crippen molar-refractivity contribution in [1.82, 2.24) is 19.6 Å². The summed E-state index contributed by atoms with van der Waals surface area (Å²) in [5, 5.41) is 4.34. The second-order valence-corrected chi connectivity index (χ2v) is 6.90. The van der Waals surface area contributed by atoms with Crippen molar-refractivity contribution in [3.8, 4) is 5.69 Å². The van der Waals surface area contributed by atoms with Crippen molar-refractivity contribution in [3.05, 3.63) is 58.5 Å². The van der Waals surface area contributed by atoms with Crippen molar-refractivity contribution in [2.24, 2.45) is 0 Å². The first-order valence-corrected chi connectivity index (χ1v) is 8.84. The molecule has 4 rings (SSSR count). The third-order valence-corrected chi connectivity index (χ3v) is 5.22. The van der Waals surface area contributed by atoms with Crippen LogP contribution in [0, 0.1) is 0 Å². The maximum absolute atomic E-state index is 13.0. The van der Waals surface area contributed by atoms with E-state index in [9.17, 15) is 9.59 Å². The van der Waals surface area contributed by atoms with Gasteiger partial charge in [0, 0.05) is 31.2 Å². The zero-order valence-electron chi connectivity index (χ0n) is 14.3. The van der Waals surface area contributed by atoms with Crippen molar-refractivity contribution in [3.63, 3.8) is 0 Å². The summed E-state index contributed by atoms with van der Waals surface area (Å²) in [7, 11) is 0. The normalized spacial score (nSPS) is 23.5. The van der Waals surface area contributed by atoms with Gasteiger partial charge in [-0.3, -0.25) is 14.5 Å². The number of carbonyl (C=O) groups excluding carboxylic acids is 1. The second kappa shape index (κ2) is 6.44. The number of para-hydroxylation sites is 1. The highest BCUT2D eigenvalue weighted by atomic mass is 16.2. The Morgan fingerprint density at radius 1 is 1.12 bits per heavy atom. The lowest BCUT2D eigenvalue weighted by Gasteiger charge is -2.42. The van der Waals surface area contributed by atoms with Crippen LogP contribution in [0.5, 0.6) is 0 Å². The van der Waals surface area contributed by atoms with Gasteiger partial charge in [-0.2, -0.15) is 9.78 Å². The molecule has 1 amide bonds. The SMILES string of the molecule is CC1CN2CCCC2CN1C(=O)c1ccc(=O)n(-c2ccccc2)n1. The van der Waals surface area contributed by atoms with Crippen LogP contribution in [-0.2, 0) is 0 Å². The zero-order chi connectivity index (χ0) is 17.4. The lowest BCUT2D eigenvalue weighted by Crippen LogP contribution is -2.57. The molecule has 2 fully saturated rings. The number of piperazine rings is 1. The summed E-state index contributed by atoms with van der Waals surface area (Å²) in [6.07, 6.45) is 2.35. The Kier molecular flexibility index (Phi) is 4.13. The minimum absolute atomic E-state index is 0.0938. The maximum atomic E-state index is 13.0. The number of rotatable bonds is 2. The standard InChI is InChI=1S/C19H22N4O2/c1-14-12-21-11-5-8-16(21)13-22(14)19(25)17-9-10-18(24)23(20-17)15-6-3-2-4-7-15/h2-4,6-7,9-10,14,16H,5,8,11-13H2,1H3. The van der Waals surface area contributed by atoms with Gasteiger partial charge >= 0.3 is 0 Å². The summed E-state index contributed by atoms with van der Waals surface area (Å²) in [6.45, 7) is 4.87. The van der Waals surface area contributed by atoms with E-state index in [1.54, 1.807) is 0 Å². The Bertz CT molecular complexity index is 833. The molecular formula is C19H22N4O2. The number of nitrogens with zero attached hydrogens (tertiary/aromatic N) is 4. The fraction of sp³-hybridized carbons (Fsp3) is 0.421. The molecule has 0 radical (unpaired) electrons. The van der Waals surface area contributed by atoms with E-state index in [4.69, 9.17) is 0 Å². The van der Waals surface area contributed by atoms with E-state index >= 15 is 0 Å². The molecule has 2 atom stereocenters. The van der Waals surface area contributed by atoms with Gasteiger partial charge in [0.15, 0.2) is 0 Å². The van der Waals surface area contributed by atoms with Gasteiger partial charge in [-0.15, -0.1) is 0 Å². The highest BCUT2D eigenvalue weighted by Gasteiger charge is 2.37. The molecule has 2 aromatic rings. The van der Waals surface area contributed by atoms with Crippen LogP contribution in [0.15, 0.2) is 47.3 Å². The Morgan fingerprint density at radius 3 is 2.72 bits per heavy atom. The lowest BCUT2D eigenvalue weighted by atomic mass is 10.1. The predicted octanol–water partition coefficient (Wildman–Crippen LogP) is 1.54. The van der Waals surface area contributed by atoms with Crippen molar-refractivity contribution >= 4 is 5.91 Å². The van der Waals surface area contributed by atoms with Gasteiger partial charge in [0.25, 0.3) is 11.5 Å². The third-order valence-electron chi connectivity index (χ3n) is 5.22. The molecule has 1 aromatic carbocycles. The van der Waals surface area contributed by atoms with E-state index in [2.05, 4.69) is 16.9 Å². The highest BCUT2D eigenvalue weighted by Crippen LogP contribution is 2.25. The average molecular weight is 338 g/mol. The lowest BCUT2D eigenvalue weighted by molar-refractivity contribution is 0.0388. The Balaban J connectivity index is 1.63. The molecule has 3 heterocycles. The number of amides is 1. The van der Waals surface area contributed by atoms with E-state index < -0.39 is 0 Å². The van der Waals surface area contributed by atoms with Crippen molar-refractivity contribution in [2.75, 3.05) is 19.6 Å². The van der Waals surface area contributed by atoms with Gasteiger partial charge in [0.1, 0.15) is 5.69 Å².